The Morgan fingerprint density at radius 3 is 2.32 bits per heavy atom. The van der Waals surface area contributed by atoms with Gasteiger partial charge in [0.2, 0.25) is 10.0 Å². The Morgan fingerprint density at radius 2 is 1.68 bits per heavy atom. The molecule has 0 radical (unpaired) electrons. The summed E-state index contributed by atoms with van der Waals surface area (Å²) in [7, 11) is -3.69. The summed E-state index contributed by atoms with van der Waals surface area (Å²) in [4.78, 5) is 0.0727. The van der Waals surface area contributed by atoms with Crippen molar-refractivity contribution in [1.29, 1.82) is 0 Å². The molecule has 0 saturated heterocycles. The molecule has 3 nitrogen and oxygen atoms in total. The molecule has 0 aliphatic heterocycles. The minimum Gasteiger partial charge on any atom is -0.207 e. The molecule has 0 amide bonds. The third-order valence-electron chi connectivity index (χ3n) is 3.67. The summed E-state index contributed by atoms with van der Waals surface area (Å²) in [5.41, 5.74) is 3.34. The first-order valence-electron chi connectivity index (χ1n) is 7.06. The maximum absolute atomic E-state index is 13.3. The van der Waals surface area contributed by atoms with Crippen molar-refractivity contribution in [2.24, 2.45) is 0 Å². The van der Waals surface area contributed by atoms with Crippen LogP contribution >= 0.6 is 0 Å². The number of rotatable bonds is 4. The third kappa shape index (κ3) is 3.54. The number of hydrogen-bond donors (Lipinski definition) is 1. The second-order valence-corrected chi connectivity index (χ2v) is 7.33. The van der Waals surface area contributed by atoms with Crippen LogP contribution in [0.25, 0.3) is 0 Å². The predicted molar refractivity (Wildman–Crippen MR) is 85.8 cm³/mol. The van der Waals surface area contributed by atoms with Gasteiger partial charge >= 0.3 is 0 Å². The van der Waals surface area contributed by atoms with Gasteiger partial charge in [-0.2, -0.15) is 0 Å². The van der Waals surface area contributed by atoms with Gasteiger partial charge in [0.25, 0.3) is 0 Å². The zero-order valence-corrected chi connectivity index (χ0v) is 14.0. The Balaban J connectivity index is 2.31. The lowest BCUT2D eigenvalue weighted by Crippen LogP contribution is -2.27. The lowest BCUT2D eigenvalue weighted by molar-refractivity contribution is 0.565. The molecule has 0 aromatic heterocycles. The van der Waals surface area contributed by atoms with Gasteiger partial charge in [0.05, 0.1) is 4.90 Å². The average molecular weight is 321 g/mol. The van der Waals surface area contributed by atoms with E-state index in [0.717, 1.165) is 16.7 Å². The van der Waals surface area contributed by atoms with Crippen LogP contribution in [-0.4, -0.2) is 8.42 Å². The molecule has 0 aliphatic carbocycles. The first kappa shape index (κ1) is 16.6. The molecule has 1 atom stereocenters. The summed E-state index contributed by atoms with van der Waals surface area (Å²) in [5, 5.41) is 0. The first-order chi connectivity index (χ1) is 10.2. The van der Waals surface area contributed by atoms with Gasteiger partial charge in [-0.15, -0.1) is 0 Å². The molecular weight excluding hydrogens is 301 g/mol. The number of hydrogen-bond acceptors (Lipinski definition) is 2. The highest BCUT2D eigenvalue weighted by Crippen LogP contribution is 2.22. The van der Waals surface area contributed by atoms with Crippen LogP contribution in [0.2, 0.25) is 0 Å². The van der Waals surface area contributed by atoms with Crippen LogP contribution in [0, 0.1) is 26.6 Å². The third-order valence-corrected chi connectivity index (χ3v) is 5.21. The van der Waals surface area contributed by atoms with Gasteiger partial charge in [0.1, 0.15) is 5.82 Å². The van der Waals surface area contributed by atoms with Crippen molar-refractivity contribution < 1.29 is 12.8 Å². The van der Waals surface area contributed by atoms with Crippen molar-refractivity contribution in [2.75, 3.05) is 0 Å². The molecule has 0 fully saturated rings. The number of aryl methyl sites for hydroxylation is 3. The smallest absolute Gasteiger partial charge is 0.207 e. The lowest BCUT2D eigenvalue weighted by Gasteiger charge is -2.17. The van der Waals surface area contributed by atoms with E-state index in [9.17, 15) is 12.8 Å². The maximum Gasteiger partial charge on any atom is 0.241 e. The van der Waals surface area contributed by atoms with E-state index in [1.54, 1.807) is 13.8 Å². The zero-order chi connectivity index (χ0) is 16.5. The first-order valence-corrected chi connectivity index (χ1v) is 8.54. The van der Waals surface area contributed by atoms with Gasteiger partial charge in [-0.05, 0) is 62.6 Å². The van der Waals surface area contributed by atoms with E-state index in [2.05, 4.69) is 4.72 Å². The van der Waals surface area contributed by atoms with Crippen LogP contribution in [0.3, 0.4) is 0 Å². The molecule has 0 aliphatic rings. The van der Waals surface area contributed by atoms with E-state index in [-0.39, 0.29) is 10.9 Å². The van der Waals surface area contributed by atoms with Crippen LogP contribution in [-0.2, 0) is 10.0 Å². The number of nitrogens with one attached hydrogen (secondary N) is 1. The Labute approximate surface area is 131 Å². The summed E-state index contributed by atoms with van der Waals surface area (Å²) >= 11 is 0. The quantitative estimate of drug-likeness (QED) is 0.931. The second-order valence-electron chi connectivity index (χ2n) is 5.61. The standard InChI is InChI=1S/C17H20FNO2S/c1-11-5-6-12(2)16(9-11)14(4)19-22(20,21)15-7-8-17(18)13(3)10-15/h5-10,14,19H,1-4H3/t14-/m0/s1. The zero-order valence-electron chi connectivity index (χ0n) is 13.1. The Bertz CT molecular complexity index is 800. The molecule has 0 spiro atoms. The molecule has 0 bridgehead atoms. The Morgan fingerprint density at radius 1 is 1.00 bits per heavy atom. The lowest BCUT2D eigenvalue weighted by atomic mass is 10.0. The van der Waals surface area contributed by atoms with Crippen molar-refractivity contribution in [3.63, 3.8) is 0 Å². The fourth-order valence-electron chi connectivity index (χ4n) is 2.37. The number of benzene rings is 2. The van der Waals surface area contributed by atoms with Crippen molar-refractivity contribution >= 4 is 10.0 Å². The molecule has 2 aromatic carbocycles. The van der Waals surface area contributed by atoms with Crippen LogP contribution in [0.4, 0.5) is 4.39 Å². The van der Waals surface area contributed by atoms with E-state index < -0.39 is 15.8 Å². The second kappa shape index (κ2) is 6.18. The average Bonchev–Trinajstić information content (AvgIpc) is 2.43. The van der Waals surface area contributed by atoms with Crippen LogP contribution in [0.15, 0.2) is 41.3 Å². The molecule has 1 N–H and O–H groups in total. The van der Waals surface area contributed by atoms with Gasteiger partial charge in [-0.3, -0.25) is 0 Å². The topological polar surface area (TPSA) is 46.2 Å². The van der Waals surface area contributed by atoms with Gasteiger partial charge in [0.15, 0.2) is 0 Å². The van der Waals surface area contributed by atoms with Gasteiger partial charge in [-0.1, -0.05) is 23.8 Å². The SMILES string of the molecule is Cc1ccc(C)c([C@H](C)NS(=O)(=O)c2ccc(F)c(C)c2)c1. The molecule has 0 saturated carbocycles. The number of sulfonamides is 1. The minimum absolute atomic E-state index is 0.0727. The molecule has 118 valence electrons. The molecule has 0 heterocycles. The highest BCUT2D eigenvalue weighted by atomic mass is 32.2. The van der Waals surface area contributed by atoms with E-state index in [4.69, 9.17) is 0 Å². The highest BCUT2D eigenvalue weighted by molar-refractivity contribution is 7.89. The van der Waals surface area contributed by atoms with Gasteiger partial charge in [0, 0.05) is 6.04 Å². The van der Waals surface area contributed by atoms with Crippen LogP contribution in [0.1, 0.15) is 35.2 Å². The monoisotopic (exact) mass is 321 g/mol. The Kier molecular flexibility index (Phi) is 4.68. The normalized spacial score (nSPS) is 13.1. The van der Waals surface area contributed by atoms with E-state index in [0.29, 0.717) is 5.56 Å². The fourth-order valence-corrected chi connectivity index (χ4v) is 3.68. The summed E-state index contributed by atoms with van der Waals surface area (Å²) in [6.07, 6.45) is 0. The largest absolute Gasteiger partial charge is 0.241 e. The fraction of sp³-hybridized carbons (Fsp3) is 0.294. The van der Waals surface area contributed by atoms with Gasteiger partial charge < -0.3 is 0 Å². The maximum atomic E-state index is 13.3. The molecule has 22 heavy (non-hydrogen) atoms. The molecule has 0 unspecified atom stereocenters. The van der Waals surface area contributed by atoms with E-state index >= 15 is 0 Å². The van der Waals surface area contributed by atoms with Crippen molar-refractivity contribution in [3.8, 4) is 0 Å². The summed E-state index contributed by atoms with van der Waals surface area (Å²) < 4.78 is 40.8. The summed E-state index contributed by atoms with van der Waals surface area (Å²) in [6.45, 7) is 7.26. The molecule has 5 heteroatoms. The molecule has 2 rings (SSSR count). The molecular formula is C17H20FNO2S. The van der Waals surface area contributed by atoms with Crippen molar-refractivity contribution in [3.05, 3.63) is 64.5 Å². The Hall–Kier alpha value is -1.72. The summed E-state index contributed by atoms with van der Waals surface area (Å²) in [5.74, 6) is -0.415. The van der Waals surface area contributed by atoms with Gasteiger partial charge in [-0.25, -0.2) is 17.5 Å². The predicted octanol–water partition coefficient (Wildman–Crippen LogP) is 3.79. The number of halogens is 1. The van der Waals surface area contributed by atoms with Crippen molar-refractivity contribution in [2.45, 2.75) is 38.6 Å². The minimum atomic E-state index is -3.69. The van der Waals surface area contributed by atoms with Crippen LogP contribution in [0.5, 0.6) is 0 Å². The van der Waals surface area contributed by atoms with Crippen molar-refractivity contribution in [1.82, 2.24) is 4.72 Å². The molecule has 2 aromatic rings. The van der Waals surface area contributed by atoms with E-state index in [1.165, 1.54) is 18.2 Å². The van der Waals surface area contributed by atoms with E-state index in [1.807, 2.05) is 32.0 Å². The highest BCUT2D eigenvalue weighted by Gasteiger charge is 2.20. The summed E-state index contributed by atoms with van der Waals surface area (Å²) in [6, 6.07) is 9.36. The van der Waals surface area contributed by atoms with Crippen LogP contribution < -0.4 is 4.72 Å².